The van der Waals surface area contributed by atoms with E-state index in [4.69, 9.17) is 19.2 Å². The highest BCUT2D eigenvalue weighted by atomic mass is 32.1. The quantitative estimate of drug-likeness (QED) is 0.141. The summed E-state index contributed by atoms with van der Waals surface area (Å²) in [4.78, 5) is 77.3. The van der Waals surface area contributed by atoms with Gasteiger partial charge in [0.1, 0.15) is 40.9 Å². The SMILES string of the molecule is C=C[C@H]1C[C@]1(NC(=O)C1CC(Oc2cc(-c3csc(NC(C)=O)n3)nc3cc(OC)ccc23)CN1C(=O)[C@@H](NC(=O)N[C@H](C)C(=C)C)C(C)(C)C)C(=O)OC. The summed E-state index contributed by atoms with van der Waals surface area (Å²) < 4.78 is 17.2. The molecule has 1 aliphatic carbocycles. The van der Waals surface area contributed by atoms with Crippen molar-refractivity contribution >= 4 is 57.1 Å². The molecule has 6 atom stereocenters. The number of hydrogen-bond acceptors (Lipinski definition) is 11. The van der Waals surface area contributed by atoms with Crippen LogP contribution in [0.1, 0.15) is 54.4 Å². The van der Waals surface area contributed by atoms with E-state index in [2.05, 4.69) is 39.4 Å². The molecule has 2 aliphatic rings. The van der Waals surface area contributed by atoms with Crippen LogP contribution in [0.4, 0.5) is 9.93 Å². The largest absolute Gasteiger partial charge is 0.497 e. The number of fused-ring (bicyclic) bond motifs is 1. The van der Waals surface area contributed by atoms with E-state index in [0.717, 1.165) is 5.57 Å². The van der Waals surface area contributed by atoms with E-state index in [-0.39, 0.29) is 30.8 Å². The maximum Gasteiger partial charge on any atom is 0.332 e. The number of nitrogens with zero attached hydrogens (tertiary/aromatic N) is 3. The van der Waals surface area contributed by atoms with Crippen molar-refractivity contribution in [2.24, 2.45) is 11.3 Å². The van der Waals surface area contributed by atoms with E-state index in [1.54, 1.807) is 56.7 Å². The van der Waals surface area contributed by atoms with Crippen molar-refractivity contribution in [1.29, 1.82) is 0 Å². The first kappa shape index (κ1) is 40.7. The van der Waals surface area contributed by atoms with E-state index in [9.17, 15) is 24.0 Å². The minimum absolute atomic E-state index is 0.0240. The molecule has 2 fully saturated rings. The van der Waals surface area contributed by atoms with E-state index in [1.807, 2.05) is 20.8 Å². The molecule has 4 N–H and O–H groups in total. The number of amides is 5. The highest BCUT2D eigenvalue weighted by Crippen LogP contribution is 2.46. The predicted octanol–water partition coefficient (Wildman–Crippen LogP) is 4.59. The third kappa shape index (κ3) is 8.90. The normalized spacial score (nSPS) is 21.5. The molecule has 0 spiro atoms. The van der Waals surface area contributed by atoms with Gasteiger partial charge in [0.25, 0.3) is 0 Å². The van der Waals surface area contributed by atoms with Crippen LogP contribution in [-0.2, 0) is 23.9 Å². The Labute approximate surface area is 324 Å². The number of methoxy groups -OCH3 is 2. The van der Waals surface area contributed by atoms with Crippen molar-refractivity contribution in [3.05, 3.63) is 54.5 Å². The highest BCUT2D eigenvalue weighted by molar-refractivity contribution is 7.14. The Morgan fingerprint density at radius 2 is 1.80 bits per heavy atom. The second-order valence-electron chi connectivity index (χ2n) is 15.1. The minimum Gasteiger partial charge on any atom is -0.497 e. The Hall–Kier alpha value is -5.51. The van der Waals surface area contributed by atoms with Crippen molar-refractivity contribution in [1.82, 2.24) is 30.8 Å². The average Bonchev–Trinajstić information content (AvgIpc) is 3.40. The van der Waals surface area contributed by atoms with Gasteiger partial charge in [0.15, 0.2) is 5.13 Å². The van der Waals surface area contributed by atoms with Crippen LogP contribution in [0.2, 0.25) is 0 Å². The Balaban J connectivity index is 1.51. The van der Waals surface area contributed by atoms with Crippen molar-refractivity contribution in [3.8, 4) is 22.9 Å². The molecule has 55 heavy (non-hydrogen) atoms. The van der Waals surface area contributed by atoms with Gasteiger partial charge in [-0.05, 0) is 37.8 Å². The lowest BCUT2D eigenvalue weighted by Gasteiger charge is -2.35. The first-order chi connectivity index (χ1) is 25.9. The monoisotopic (exact) mass is 775 g/mol. The van der Waals surface area contributed by atoms with Gasteiger partial charge in [-0.1, -0.05) is 39.0 Å². The maximum atomic E-state index is 14.6. The fourth-order valence-electron chi connectivity index (χ4n) is 6.48. The summed E-state index contributed by atoms with van der Waals surface area (Å²) in [6.45, 7) is 18.1. The number of carbonyl (C=O) groups is 5. The van der Waals surface area contributed by atoms with Crippen molar-refractivity contribution in [2.45, 2.75) is 84.2 Å². The summed E-state index contributed by atoms with van der Waals surface area (Å²) in [5.41, 5.74) is 0.141. The van der Waals surface area contributed by atoms with Crippen molar-refractivity contribution in [2.75, 3.05) is 26.1 Å². The average molecular weight is 776 g/mol. The number of benzene rings is 1. The number of esters is 1. The van der Waals surface area contributed by atoms with Gasteiger partial charge in [-0.15, -0.1) is 17.9 Å². The molecule has 1 aromatic carbocycles. The number of rotatable bonds is 13. The second-order valence-corrected chi connectivity index (χ2v) is 15.9. The molecule has 1 saturated heterocycles. The van der Waals surface area contributed by atoms with Gasteiger partial charge in [0.05, 0.1) is 32.0 Å². The first-order valence-electron chi connectivity index (χ1n) is 17.9. The molecule has 1 saturated carbocycles. The van der Waals surface area contributed by atoms with Crippen LogP contribution >= 0.6 is 11.3 Å². The predicted molar refractivity (Wildman–Crippen MR) is 209 cm³/mol. The summed E-state index contributed by atoms with van der Waals surface area (Å²) in [6, 6.07) is 3.99. The topological polar surface area (TPSA) is 190 Å². The summed E-state index contributed by atoms with van der Waals surface area (Å²) in [7, 11) is 2.80. The molecule has 1 aliphatic heterocycles. The number of nitrogens with one attached hydrogen (secondary N) is 4. The van der Waals surface area contributed by atoms with Crippen LogP contribution in [0.5, 0.6) is 11.5 Å². The highest BCUT2D eigenvalue weighted by Gasteiger charge is 2.62. The van der Waals surface area contributed by atoms with Gasteiger partial charge in [-0.2, -0.15) is 0 Å². The lowest BCUT2D eigenvalue weighted by Crippen LogP contribution is -2.60. The number of aromatic nitrogens is 2. The van der Waals surface area contributed by atoms with Crippen LogP contribution in [0.3, 0.4) is 0 Å². The molecule has 3 heterocycles. The fourth-order valence-corrected chi connectivity index (χ4v) is 7.23. The Morgan fingerprint density at radius 1 is 1.07 bits per heavy atom. The van der Waals surface area contributed by atoms with Crippen LogP contribution in [0.25, 0.3) is 22.3 Å². The summed E-state index contributed by atoms with van der Waals surface area (Å²) >= 11 is 1.24. The molecule has 3 aromatic rings. The third-order valence-electron chi connectivity index (χ3n) is 9.84. The number of pyridine rings is 1. The zero-order valence-electron chi connectivity index (χ0n) is 32.4. The zero-order chi connectivity index (χ0) is 40.4. The smallest absolute Gasteiger partial charge is 0.332 e. The van der Waals surface area contributed by atoms with E-state index in [0.29, 0.717) is 45.3 Å². The molecule has 5 amide bonds. The zero-order valence-corrected chi connectivity index (χ0v) is 33.2. The summed E-state index contributed by atoms with van der Waals surface area (Å²) in [5, 5.41) is 14.0. The lowest BCUT2D eigenvalue weighted by atomic mass is 9.85. The number of anilines is 1. The number of urea groups is 1. The molecular weight excluding hydrogens is 727 g/mol. The van der Waals surface area contributed by atoms with E-state index in [1.165, 1.54) is 30.3 Å². The van der Waals surface area contributed by atoms with E-state index >= 15 is 0 Å². The first-order valence-corrected chi connectivity index (χ1v) is 18.7. The molecule has 16 heteroatoms. The molecule has 5 rings (SSSR count). The lowest BCUT2D eigenvalue weighted by molar-refractivity contribution is -0.148. The van der Waals surface area contributed by atoms with Gasteiger partial charge in [-0.3, -0.25) is 14.4 Å². The molecule has 0 radical (unpaired) electrons. The summed E-state index contributed by atoms with van der Waals surface area (Å²) in [6.07, 6.45) is 1.24. The van der Waals surface area contributed by atoms with Gasteiger partial charge in [0.2, 0.25) is 17.7 Å². The minimum atomic E-state index is -1.31. The van der Waals surface area contributed by atoms with Gasteiger partial charge < -0.3 is 40.4 Å². The standard InChI is InChI=1S/C39H49N7O8S/c1-11-23-17-39(23,35(50)53-10)45-33(48)30-15-25(18-46(30)34(49)32(38(6,7)8)44-36(51)40-21(4)20(2)3)54-31-16-28(29-19-55-37(43-29)41-22(5)47)42-27-14-24(52-9)12-13-26(27)31/h11-14,16,19,21,23,25,30,32H,1-2,15,17-18H2,3-10H3,(H,45,48)(H2,40,44,51)(H,41,43,47)/t21-,23+,25?,30?,32-,39-/m1/s1. The van der Waals surface area contributed by atoms with E-state index < -0.39 is 53.0 Å². The van der Waals surface area contributed by atoms with Crippen LogP contribution in [-0.4, -0.2) is 95.1 Å². The maximum absolute atomic E-state index is 14.6. The van der Waals surface area contributed by atoms with Crippen molar-refractivity contribution in [3.63, 3.8) is 0 Å². The van der Waals surface area contributed by atoms with Gasteiger partial charge in [-0.25, -0.2) is 19.6 Å². The van der Waals surface area contributed by atoms with Crippen LogP contribution in [0.15, 0.2) is 54.5 Å². The molecule has 0 bridgehead atoms. The number of likely N-dealkylation sites (tertiary alicyclic amines) is 1. The number of hydrogen-bond donors (Lipinski definition) is 4. The molecule has 2 aromatic heterocycles. The molecular formula is C39H49N7O8S. The molecule has 294 valence electrons. The van der Waals surface area contributed by atoms with Gasteiger partial charge >= 0.3 is 12.0 Å². The Bertz CT molecular complexity index is 2030. The molecule has 2 unspecified atom stereocenters. The van der Waals surface area contributed by atoms with Crippen LogP contribution < -0.4 is 30.7 Å². The number of carbonyl (C=O) groups excluding carboxylic acids is 5. The number of thiazole rings is 1. The fraction of sp³-hybridized carbons (Fsp3) is 0.462. The van der Waals surface area contributed by atoms with Gasteiger partial charge in [0, 0.05) is 48.2 Å². The molecule has 15 nitrogen and oxygen atoms in total. The Morgan fingerprint density at radius 3 is 2.40 bits per heavy atom. The third-order valence-corrected chi connectivity index (χ3v) is 10.6. The number of ether oxygens (including phenoxy) is 3. The second kappa shape index (κ2) is 16.1. The van der Waals surface area contributed by atoms with Crippen LogP contribution in [0, 0.1) is 11.3 Å². The Kier molecular flexibility index (Phi) is 11.9. The van der Waals surface area contributed by atoms with Crippen molar-refractivity contribution < 1.29 is 38.2 Å². The summed E-state index contributed by atoms with van der Waals surface area (Å²) in [5.74, 6) is -1.31.